The molecule has 4 N–H and O–H groups in total. The Bertz CT molecular complexity index is 1360. The van der Waals surface area contributed by atoms with Gasteiger partial charge in [0.05, 0.1) is 17.2 Å². The molecule has 0 aliphatic rings. The van der Waals surface area contributed by atoms with Crippen molar-refractivity contribution >= 4 is 28.5 Å². The van der Waals surface area contributed by atoms with E-state index in [1.54, 1.807) is 12.1 Å². The van der Waals surface area contributed by atoms with Crippen molar-refractivity contribution in [1.29, 1.82) is 5.26 Å². The van der Waals surface area contributed by atoms with E-state index in [-0.39, 0.29) is 5.41 Å². The summed E-state index contributed by atoms with van der Waals surface area (Å²) >= 11 is 0. The van der Waals surface area contributed by atoms with E-state index >= 15 is 0 Å². The summed E-state index contributed by atoms with van der Waals surface area (Å²) < 4.78 is 5.11. The topological polar surface area (TPSA) is 106 Å². The van der Waals surface area contributed by atoms with Gasteiger partial charge in [-0.2, -0.15) is 5.26 Å². The summed E-state index contributed by atoms with van der Waals surface area (Å²) in [6.07, 6.45) is 4.34. The fraction of sp³-hybridized carbons (Fsp3) is 0.200. The normalized spacial score (nSPS) is 11.5. The van der Waals surface area contributed by atoms with Gasteiger partial charge in [0.1, 0.15) is 11.8 Å². The molecule has 0 saturated carbocycles. The number of nitrogens with zero attached hydrogens (tertiary/aromatic N) is 1. The number of furan rings is 1. The van der Waals surface area contributed by atoms with Crippen molar-refractivity contribution in [3.8, 4) is 6.07 Å². The maximum Gasteiger partial charge on any atom is 0.252 e. The van der Waals surface area contributed by atoms with Crippen LogP contribution in [-0.2, 0) is 11.8 Å². The van der Waals surface area contributed by atoms with Gasteiger partial charge in [-0.25, -0.2) is 0 Å². The van der Waals surface area contributed by atoms with E-state index in [0.717, 1.165) is 22.9 Å². The summed E-state index contributed by atoms with van der Waals surface area (Å²) in [7, 11) is 0. The predicted molar refractivity (Wildman–Crippen MR) is 143 cm³/mol. The first-order valence-corrected chi connectivity index (χ1v) is 11.6. The van der Waals surface area contributed by atoms with Gasteiger partial charge < -0.3 is 15.9 Å². The second-order valence-electron chi connectivity index (χ2n) is 8.94. The molecule has 178 valence electrons. The number of para-hydroxylation sites is 1. The Morgan fingerprint density at radius 3 is 2.26 bits per heavy atom. The van der Waals surface area contributed by atoms with Crippen molar-refractivity contribution in [2.24, 2.45) is 11.5 Å². The molecule has 4 aromatic rings. The summed E-state index contributed by atoms with van der Waals surface area (Å²) in [6, 6.07) is 26.0. The number of aryl methyl sites for hydroxylation is 1. The average Bonchev–Trinajstić information content (AvgIpc) is 3.33. The number of rotatable bonds is 6. The summed E-state index contributed by atoms with van der Waals surface area (Å²) in [5, 5.41) is 10.2. The van der Waals surface area contributed by atoms with Gasteiger partial charge in [-0.3, -0.25) is 4.79 Å². The average molecular weight is 466 g/mol. The third kappa shape index (κ3) is 6.26. The fourth-order valence-corrected chi connectivity index (χ4v) is 3.58. The van der Waals surface area contributed by atoms with E-state index in [2.05, 4.69) is 63.2 Å². The number of hydrogen-bond acceptors (Lipinski definition) is 4. The Kier molecular flexibility index (Phi) is 8.25. The molecule has 0 aliphatic carbocycles. The van der Waals surface area contributed by atoms with Gasteiger partial charge in [0.15, 0.2) is 0 Å². The van der Waals surface area contributed by atoms with Crippen molar-refractivity contribution in [2.75, 3.05) is 6.54 Å². The number of amides is 1. The molecule has 0 unspecified atom stereocenters. The van der Waals surface area contributed by atoms with Crippen LogP contribution in [0.15, 0.2) is 83.5 Å². The van der Waals surface area contributed by atoms with Crippen molar-refractivity contribution in [1.82, 2.24) is 0 Å². The Morgan fingerprint density at radius 2 is 1.69 bits per heavy atom. The van der Waals surface area contributed by atoms with Crippen LogP contribution in [0.2, 0.25) is 0 Å². The van der Waals surface area contributed by atoms with Crippen LogP contribution in [0.5, 0.6) is 0 Å². The van der Waals surface area contributed by atoms with Gasteiger partial charge in [-0.1, -0.05) is 87.5 Å². The van der Waals surface area contributed by atoms with Crippen molar-refractivity contribution in [2.45, 2.75) is 32.6 Å². The molecule has 0 radical (unpaired) electrons. The molecule has 0 atom stereocenters. The third-order valence-corrected chi connectivity index (χ3v) is 6.05. The first-order valence-electron chi connectivity index (χ1n) is 11.6. The zero-order chi connectivity index (χ0) is 25.4. The van der Waals surface area contributed by atoms with Crippen molar-refractivity contribution in [3.05, 3.63) is 107 Å². The summed E-state index contributed by atoms with van der Waals surface area (Å²) in [6.45, 7) is 6.98. The SMILES string of the molecule is CCc1ccc(/C=C(\C#N)c2ccc(C(C)(C)CN)cc2)cc1.NC(=O)c1coc2ccccc12. The van der Waals surface area contributed by atoms with Gasteiger partial charge in [0.25, 0.3) is 5.91 Å². The Labute approximate surface area is 206 Å². The highest BCUT2D eigenvalue weighted by atomic mass is 16.3. The van der Waals surface area contributed by atoms with Crippen LogP contribution in [0.4, 0.5) is 0 Å². The minimum Gasteiger partial charge on any atom is -0.463 e. The second-order valence-corrected chi connectivity index (χ2v) is 8.94. The van der Waals surface area contributed by atoms with Gasteiger partial charge in [-0.05, 0) is 40.8 Å². The highest BCUT2D eigenvalue weighted by Crippen LogP contribution is 2.25. The van der Waals surface area contributed by atoms with Crippen LogP contribution in [0.25, 0.3) is 22.6 Å². The zero-order valence-electron chi connectivity index (χ0n) is 20.4. The molecule has 1 aromatic heterocycles. The van der Waals surface area contributed by atoms with E-state index in [0.29, 0.717) is 23.3 Å². The highest BCUT2D eigenvalue weighted by Gasteiger charge is 2.18. The monoisotopic (exact) mass is 465 g/mol. The van der Waals surface area contributed by atoms with Gasteiger partial charge in [0.2, 0.25) is 0 Å². The quantitative estimate of drug-likeness (QED) is 0.266. The second kappa shape index (κ2) is 11.3. The molecule has 5 heteroatoms. The van der Waals surface area contributed by atoms with Crippen LogP contribution in [0.3, 0.4) is 0 Å². The predicted octanol–water partition coefficient (Wildman–Crippen LogP) is 6.08. The Balaban J connectivity index is 0.000000237. The number of hydrogen-bond donors (Lipinski definition) is 2. The molecular formula is C30H31N3O2. The molecule has 1 heterocycles. The number of carbonyl (C=O) groups excluding carboxylic acids is 1. The molecule has 0 bridgehead atoms. The number of carbonyl (C=O) groups is 1. The van der Waals surface area contributed by atoms with E-state index in [4.69, 9.17) is 15.9 Å². The number of nitriles is 1. The summed E-state index contributed by atoms with van der Waals surface area (Å²) in [5.74, 6) is -0.458. The van der Waals surface area contributed by atoms with Crippen LogP contribution in [-0.4, -0.2) is 12.5 Å². The molecule has 5 nitrogen and oxygen atoms in total. The first-order chi connectivity index (χ1) is 16.8. The first kappa shape index (κ1) is 25.5. The van der Waals surface area contributed by atoms with Gasteiger partial charge >= 0.3 is 0 Å². The van der Waals surface area contributed by atoms with Crippen LogP contribution in [0.1, 0.15) is 53.4 Å². The Morgan fingerprint density at radius 1 is 1.03 bits per heavy atom. The number of benzene rings is 3. The largest absolute Gasteiger partial charge is 0.463 e. The van der Waals surface area contributed by atoms with Crippen LogP contribution < -0.4 is 11.5 Å². The van der Waals surface area contributed by atoms with E-state index in [1.807, 2.05) is 30.3 Å². The number of allylic oxidation sites excluding steroid dienone is 1. The lowest BCUT2D eigenvalue weighted by Gasteiger charge is -2.23. The van der Waals surface area contributed by atoms with E-state index < -0.39 is 5.91 Å². The lowest BCUT2D eigenvalue weighted by molar-refractivity contribution is 0.100. The van der Waals surface area contributed by atoms with E-state index in [9.17, 15) is 10.1 Å². The maximum atomic E-state index is 10.8. The molecule has 0 spiro atoms. The lowest BCUT2D eigenvalue weighted by Crippen LogP contribution is -2.27. The summed E-state index contributed by atoms with van der Waals surface area (Å²) in [5.41, 5.74) is 17.2. The van der Waals surface area contributed by atoms with Gasteiger partial charge in [0, 0.05) is 17.3 Å². The number of nitrogens with two attached hydrogens (primary N) is 2. The molecule has 35 heavy (non-hydrogen) atoms. The standard InChI is InChI=1S/C21H24N2.C9H7NO2/c1-4-16-5-7-17(8-6-16)13-19(14-22)18-9-11-20(12-10-18)21(2,3)15-23;10-9(11)7-5-12-8-4-2-1-3-6(7)8/h5-13H,4,15,23H2,1-3H3;1-5H,(H2,10,11)/b19-13+;. The molecule has 4 rings (SSSR count). The van der Waals surface area contributed by atoms with Crippen molar-refractivity contribution in [3.63, 3.8) is 0 Å². The molecule has 0 fully saturated rings. The highest BCUT2D eigenvalue weighted by molar-refractivity contribution is 6.05. The summed E-state index contributed by atoms with van der Waals surface area (Å²) in [4.78, 5) is 10.8. The van der Waals surface area contributed by atoms with Crippen molar-refractivity contribution < 1.29 is 9.21 Å². The van der Waals surface area contributed by atoms with E-state index in [1.165, 1.54) is 17.4 Å². The molecule has 3 aromatic carbocycles. The minimum absolute atomic E-state index is 0.0506. The molecule has 1 amide bonds. The number of fused-ring (bicyclic) bond motifs is 1. The zero-order valence-corrected chi connectivity index (χ0v) is 20.4. The molecule has 0 saturated heterocycles. The van der Waals surface area contributed by atoms with Crippen LogP contribution >= 0.6 is 0 Å². The number of primary amides is 1. The lowest BCUT2D eigenvalue weighted by atomic mass is 9.84. The Hall–Kier alpha value is -4.14. The molecule has 0 aliphatic heterocycles. The minimum atomic E-state index is -0.458. The smallest absolute Gasteiger partial charge is 0.252 e. The maximum absolute atomic E-state index is 10.8. The van der Waals surface area contributed by atoms with Gasteiger partial charge in [-0.15, -0.1) is 0 Å². The fourth-order valence-electron chi connectivity index (χ4n) is 3.58. The molecular weight excluding hydrogens is 434 g/mol. The third-order valence-electron chi connectivity index (χ3n) is 6.05. The van der Waals surface area contributed by atoms with Crippen LogP contribution in [0, 0.1) is 11.3 Å².